The van der Waals surface area contributed by atoms with Crippen LogP contribution in [0.3, 0.4) is 0 Å². The molecule has 0 saturated heterocycles. The van der Waals surface area contributed by atoms with E-state index in [1.807, 2.05) is 6.92 Å². The van der Waals surface area contributed by atoms with Gasteiger partial charge in [-0.25, -0.2) is 4.79 Å². The first-order chi connectivity index (χ1) is 6.70. The molecule has 5 heteroatoms. The number of carbonyl (C=O) groups is 2. The van der Waals surface area contributed by atoms with Gasteiger partial charge in [-0.15, -0.1) is 0 Å². The Hall–Kier alpha value is -0.710. The van der Waals surface area contributed by atoms with E-state index >= 15 is 0 Å². The standard InChI is InChI=1S/C10H19NO3S/c1-7(15-8(2)12)6-11-9(13)14-10(3,4)5/h7H,6H2,1-5H3,(H,11,13)/t7-/m1/s1. The maximum atomic E-state index is 11.2. The molecule has 0 aromatic heterocycles. The molecular weight excluding hydrogens is 214 g/mol. The summed E-state index contributed by atoms with van der Waals surface area (Å²) in [5.41, 5.74) is -0.485. The van der Waals surface area contributed by atoms with Gasteiger partial charge in [0.05, 0.1) is 0 Å². The van der Waals surface area contributed by atoms with Gasteiger partial charge in [0, 0.05) is 18.7 Å². The lowest BCUT2D eigenvalue weighted by Crippen LogP contribution is -2.35. The van der Waals surface area contributed by atoms with Crippen LogP contribution >= 0.6 is 11.8 Å². The van der Waals surface area contributed by atoms with E-state index in [4.69, 9.17) is 4.74 Å². The van der Waals surface area contributed by atoms with Crippen molar-refractivity contribution >= 4 is 23.0 Å². The predicted molar refractivity (Wildman–Crippen MR) is 62.0 cm³/mol. The van der Waals surface area contributed by atoms with E-state index in [1.165, 1.54) is 18.7 Å². The number of nitrogens with one attached hydrogen (secondary N) is 1. The molecule has 0 radical (unpaired) electrons. The van der Waals surface area contributed by atoms with Gasteiger partial charge in [0.15, 0.2) is 5.12 Å². The van der Waals surface area contributed by atoms with Gasteiger partial charge in [-0.3, -0.25) is 4.79 Å². The van der Waals surface area contributed by atoms with E-state index in [1.54, 1.807) is 20.8 Å². The van der Waals surface area contributed by atoms with Crippen molar-refractivity contribution in [1.29, 1.82) is 0 Å². The Labute approximate surface area is 95.1 Å². The van der Waals surface area contributed by atoms with E-state index in [0.717, 1.165) is 0 Å². The topological polar surface area (TPSA) is 55.4 Å². The maximum Gasteiger partial charge on any atom is 0.407 e. The van der Waals surface area contributed by atoms with Gasteiger partial charge < -0.3 is 10.1 Å². The number of alkyl carbamates (subject to hydrolysis) is 1. The molecule has 1 atom stereocenters. The second kappa shape index (κ2) is 6.00. The molecule has 0 unspecified atom stereocenters. The summed E-state index contributed by atoms with van der Waals surface area (Å²) in [5.74, 6) is 0. The molecule has 0 aromatic carbocycles. The van der Waals surface area contributed by atoms with Crippen molar-refractivity contribution in [3.8, 4) is 0 Å². The molecule has 1 N–H and O–H groups in total. The maximum absolute atomic E-state index is 11.2. The minimum absolute atomic E-state index is 0.0495. The summed E-state index contributed by atoms with van der Waals surface area (Å²) in [5, 5.41) is 2.72. The van der Waals surface area contributed by atoms with Crippen LogP contribution in [-0.4, -0.2) is 28.6 Å². The Kier molecular flexibility index (Phi) is 5.72. The van der Waals surface area contributed by atoms with Crippen LogP contribution in [0.25, 0.3) is 0 Å². The second-order valence-corrected chi connectivity index (χ2v) is 5.92. The molecule has 88 valence electrons. The lowest BCUT2D eigenvalue weighted by Gasteiger charge is -2.20. The van der Waals surface area contributed by atoms with Crippen LogP contribution in [0.4, 0.5) is 4.79 Å². The average molecular weight is 233 g/mol. The zero-order valence-corrected chi connectivity index (χ0v) is 10.7. The van der Waals surface area contributed by atoms with Gasteiger partial charge in [-0.2, -0.15) is 0 Å². The molecule has 0 bridgehead atoms. The zero-order valence-electron chi connectivity index (χ0n) is 9.92. The predicted octanol–water partition coefficient (Wildman–Crippen LogP) is 2.18. The summed E-state index contributed by atoms with van der Waals surface area (Å²) in [4.78, 5) is 22.0. The fraction of sp³-hybridized carbons (Fsp3) is 0.800. The molecule has 4 nitrogen and oxygen atoms in total. The first-order valence-corrected chi connectivity index (χ1v) is 5.73. The first kappa shape index (κ1) is 14.3. The summed E-state index contributed by atoms with van der Waals surface area (Å²) < 4.78 is 5.05. The van der Waals surface area contributed by atoms with Crippen molar-refractivity contribution in [3.63, 3.8) is 0 Å². The van der Waals surface area contributed by atoms with E-state index in [9.17, 15) is 9.59 Å². The minimum Gasteiger partial charge on any atom is -0.444 e. The number of carbonyl (C=O) groups excluding carboxylic acids is 2. The fourth-order valence-electron chi connectivity index (χ4n) is 0.866. The van der Waals surface area contributed by atoms with Crippen LogP contribution in [0, 0.1) is 0 Å². The molecule has 0 fully saturated rings. The number of hydrogen-bond acceptors (Lipinski definition) is 4. The third-order valence-corrected chi connectivity index (χ3v) is 2.20. The minimum atomic E-state index is -0.485. The van der Waals surface area contributed by atoms with Crippen LogP contribution in [-0.2, 0) is 9.53 Å². The Morgan fingerprint density at radius 1 is 1.40 bits per heavy atom. The SMILES string of the molecule is CC(=O)S[C@H](C)CNC(=O)OC(C)(C)C. The van der Waals surface area contributed by atoms with Gasteiger partial charge in [0.2, 0.25) is 0 Å². The summed E-state index contributed by atoms with van der Waals surface area (Å²) in [7, 11) is 0. The normalized spacial score (nSPS) is 13.1. The van der Waals surface area contributed by atoms with Crippen molar-refractivity contribution < 1.29 is 14.3 Å². The first-order valence-electron chi connectivity index (χ1n) is 4.85. The van der Waals surface area contributed by atoms with Crippen molar-refractivity contribution in [2.24, 2.45) is 0 Å². The van der Waals surface area contributed by atoms with Gasteiger partial charge in [0.1, 0.15) is 5.60 Å². The molecule has 0 aromatic rings. The van der Waals surface area contributed by atoms with Crippen LogP contribution in [0.2, 0.25) is 0 Å². The lowest BCUT2D eigenvalue weighted by atomic mass is 10.2. The van der Waals surface area contributed by atoms with Gasteiger partial charge in [-0.1, -0.05) is 18.7 Å². The Morgan fingerprint density at radius 3 is 2.33 bits per heavy atom. The Morgan fingerprint density at radius 2 is 1.93 bits per heavy atom. The monoisotopic (exact) mass is 233 g/mol. The number of hydrogen-bond donors (Lipinski definition) is 1. The zero-order chi connectivity index (χ0) is 12.1. The Bertz CT molecular complexity index is 235. The van der Waals surface area contributed by atoms with E-state index < -0.39 is 11.7 Å². The highest BCUT2D eigenvalue weighted by Crippen LogP contribution is 2.10. The highest BCUT2D eigenvalue weighted by molar-refractivity contribution is 8.14. The van der Waals surface area contributed by atoms with Crippen LogP contribution in [0.15, 0.2) is 0 Å². The molecule has 0 aliphatic heterocycles. The van der Waals surface area contributed by atoms with Gasteiger partial charge in [-0.05, 0) is 20.8 Å². The molecule has 1 amide bonds. The Balaban J connectivity index is 3.76. The smallest absolute Gasteiger partial charge is 0.407 e. The molecule has 0 rings (SSSR count). The summed E-state index contributed by atoms with van der Waals surface area (Å²) in [6.45, 7) is 9.23. The van der Waals surface area contributed by atoms with Crippen LogP contribution < -0.4 is 5.32 Å². The van der Waals surface area contributed by atoms with Crippen molar-refractivity contribution in [2.45, 2.75) is 45.5 Å². The van der Waals surface area contributed by atoms with Crippen molar-refractivity contribution in [1.82, 2.24) is 5.32 Å². The molecule has 0 aliphatic rings. The highest BCUT2D eigenvalue weighted by atomic mass is 32.2. The van der Waals surface area contributed by atoms with Crippen molar-refractivity contribution in [2.75, 3.05) is 6.54 Å². The number of amides is 1. The third-order valence-electron chi connectivity index (χ3n) is 1.30. The van der Waals surface area contributed by atoms with E-state index in [0.29, 0.717) is 6.54 Å². The number of rotatable bonds is 3. The number of thioether (sulfide) groups is 1. The summed E-state index contributed by atoms with van der Waals surface area (Å²) in [6, 6.07) is 0. The van der Waals surface area contributed by atoms with E-state index in [-0.39, 0.29) is 10.4 Å². The molecule has 0 aliphatic carbocycles. The average Bonchev–Trinajstić information content (AvgIpc) is 1.96. The lowest BCUT2D eigenvalue weighted by molar-refractivity contribution is -0.109. The van der Waals surface area contributed by atoms with Crippen LogP contribution in [0.5, 0.6) is 0 Å². The van der Waals surface area contributed by atoms with Crippen molar-refractivity contribution in [3.05, 3.63) is 0 Å². The third kappa shape index (κ3) is 9.59. The summed E-state index contributed by atoms with van der Waals surface area (Å²) >= 11 is 1.21. The van der Waals surface area contributed by atoms with E-state index in [2.05, 4.69) is 5.32 Å². The van der Waals surface area contributed by atoms with Gasteiger partial charge in [0.25, 0.3) is 0 Å². The molecule has 0 heterocycles. The summed E-state index contributed by atoms with van der Waals surface area (Å²) in [6.07, 6.45) is -0.446. The quantitative estimate of drug-likeness (QED) is 0.811. The molecule has 15 heavy (non-hydrogen) atoms. The number of ether oxygens (including phenoxy) is 1. The molecule has 0 spiro atoms. The molecular formula is C10H19NO3S. The second-order valence-electron chi connectivity index (χ2n) is 4.30. The van der Waals surface area contributed by atoms with Crippen LogP contribution in [0.1, 0.15) is 34.6 Å². The molecule has 0 saturated carbocycles. The highest BCUT2D eigenvalue weighted by Gasteiger charge is 2.16. The van der Waals surface area contributed by atoms with Gasteiger partial charge >= 0.3 is 6.09 Å². The largest absolute Gasteiger partial charge is 0.444 e. The fourth-order valence-corrected chi connectivity index (χ4v) is 1.60.